The molecule has 1 heteroatoms. The van der Waals surface area contributed by atoms with Crippen molar-refractivity contribution in [2.24, 2.45) is 0 Å². The Morgan fingerprint density at radius 1 is 0.591 bits per heavy atom. The van der Waals surface area contributed by atoms with Crippen LogP contribution in [0.15, 0.2) is 83.8 Å². The summed E-state index contributed by atoms with van der Waals surface area (Å²) in [5, 5.41) is 5.21. The van der Waals surface area contributed by atoms with Crippen molar-refractivity contribution >= 4 is 33.3 Å². The lowest BCUT2D eigenvalue weighted by atomic mass is 9.95. The third-order valence-electron chi connectivity index (χ3n) is 4.14. The summed E-state index contributed by atoms with van der Waals surface area (Å²) < 4.78 is 0. The van der Waals surface area contributed by atoms with Crippen molar-refractivity contribution in [1.82, 2.24) is 0 Å². The lowest BCUT2D eigenvalue weighted by Gasteiger charge is -2.11. The minimum absolute atomic E-state index is 1.30. The Hall–Kier alpha value is -2.25. The van der Waals surface area contributed by atoms with Crippen molar-refractivity contribution in [1.29, 1.82) is 0 Å². The van der Waals surface area contributed by atoms with Crippen molar-refractivity contribution in [3.8, 4) is 11.1 Å². The number of benzene rings is 4. The van der Waals surface area contributed by atoms with E-state index >= 15 is 0 Å². The molecular weight excluding hydrogens is 284 g/mol. The van der Waals surface area contributed by atoms with Gasteiger partial charge < -0.3 is 0 Å². The molecule has 4 aromatic carbocycles. The van der Waals surface area contributed by atoms with Crippen molar-refractivity contribution in [3.05, 3.63) is 78.9 Å². The molecule has 0 radical (unpaired) electrons. The molecular formula is C21H16S. The third-order valence-corrected chi connectivity index (χ3v) is 4.94. The highest BCUT2D eigenvalue weighted by molar-refractivity contribution is 7.98. The number of fused-ring (bicyclic) bond motifs is 2. The monoisotopic (exact) mass is 300 g/mol. The van der Waals surface area contributed by atoms with E-state index in [0.29, 0.717) is 0 Å². The van der Waals surface area contributed by atoms with E-state index < -0.39 is 0 Å². The van der Waals surface area contributed by atoms with Gasteiger partial charge in [0.1, 0.15) is 0 Å². The number of hydrogen-bond acceptors (Lipinski definition) is 1. The van der Waals surface area contributed by atoms with E-state index in [2.05, 4.69) is 85.1 Å². The Kier molecular flexibility index (Phi) is 3.36. The van der Waals surface area contributed by atoms with E-state index in [1.165, 1.54) is 37.6 Å². The predicted octanol–water partition coefficient (Wildman–Crippen LogP) is 6.38. The molecule has 0 spiro atoms. The van der Waals surface area contributed by atoms with Crippen LogP contribution in [0.4, 0.5) is 0 Å². The van der Waals surface area contributed by atoms with Gasteiger partial charge in [0.05, 0.1) is 0 Å². The van der Waals surface area contributed by atoms with Crippen LogP contribution in [0.2, 0.25) is 0 Å². The largest absolute Gasteiger partial charge is 0.129 e. The molecule has 0 heterocycles. The summed E-state index contributed by atoms with van der Waals surface area (Å²) in [5.74, 6) is 0. The van der Waals surface area contributed by atoms with Crippen molar-refractivity contribution < 1.29 is 0 Å². The van der Waals surface area contributed by atoms with Crippen molar-refractivity contribution in [3.63, 3.8) is 0 Å². The lowest BCUT2D eigenvalue weighted by molar-refractivity contribution is 1.46. The minimum Gasteiger partial charge on any atom is -0.129 e. The highest BCUT2D eigenvalue weighted by Gasteiger charge is 2.08. The smallest absolute Gasteiger partial charge is 0.0148 e. The van der Waals surface area contributed by atoms with E-state index in [0.717, 1.165) is 0 Å². The fourth-order valence-corrected chi connectivity index (χ4v) is 3.68. The van der Waals surface area contributed by atoms with E-state index in [1.54, 1.807) is 11.8 Å². The van der Waals surface area contributed by atoms with Gasteiger partial charge in [0.15, 0.2) is 0 Å². The maximum atomic E-state index is 2.32. The summed E-state index contributed by atoms with van der Waals surface area (Å²) in [7, 11) is 0. The van der Waals surface area contributed by atoms with Gasteiger partial charge >= 0.3 is 0 Å². The molecule has 0 aliphatic carbocycles. The van der Waals surface area contributed by atoms with Gasteiger partial charge in [-0.25, -0.2) is 0 Å². The summed E-state index contributed by atoms with van der Waals surface area (Å²) in [5.41, 5.74) is 2.63. The molecule has 0 fully saturated rings. The standard InChI is InChI=1S/C21H16S/c1-22-21-12-5-4-10-19(21)18-11-6-9-17-13-15-7-2-3-8-16(15)14-20(17)18/h2-14H,1H3. The van der Waals surface area contributed by atoms with Crippen LogP contribution in [0, 0.1) is 0 Å². The van der Waals surface area contributed by atoms with Crippen LogP contribution in [0.5, 0.6) is 0 Å². The zero-order valence-corrected chi connectivity index (χ0v) is 13.2. The Morgan fingerprint density at radius 3 is 2.05 bits per heavy atom. The molecule has 0 amide bonds. The third kappa shape index (κ3) is 2.18. The van der Waals surface area contributed by atoms with Crippen LogP contribution in [0.1, 0.15) is 0 Å². The number of hydrogen-bond donors (Lipinski definition) is 0. The van der Waals surface area contributed by atoms with Gasteiger partial charge in [-0.1, -0.05) is 60.7 Å². The van der Waals surface area contributed by atoms with Crippen LogP contribution < -0.4 is 0 Å². The molecule has 0 nitrogen and oxygen atoms in total. The fourth-order valence-electron chi connectivity index (χ4n) is 3.07. The normalized spacial score (nSPS) is 11.1. The second-order valence-electron chi connectivity index (χ2n) is 5.43. The average Bonchev–Trinajstić information content (AvgIpc) is 2.59. The second kappa shape index (κ2) is 5.51. The quantitative estimate of drug-likeness (QED) is 0.305. The molecule has 4 rings (SSSR count). The number of rotatable bonds is 2. The Balaban J connectivity index is 2.07. The van der Waals surface area contributed by atoms with Crippen LogP contribution in [0.25, 0.3) is 32.7 Å². The molecule has 0 atom stereocenters. The molecule has 0 bridgehead atoms. The van der Waals surface area contributed by atoms with Gasteiger partial charge in [-0.05, 0) is 57.1 Å². The SMILES string of the molecule is CSc1ccccc1-c1cccc2cc3ccccc3cc12. The molecule has 22 heavy (non-hydrogen) atoms. The first-order chi connectivity index (χ1) is 10.9. The molecule has 106 valence electrons. The zero-order valence-electron chi connectivity index (χ0n) is 12.4. The zero-order chi connectivity index (χ0) is 14.9. The minimum atomic E-state index is 1.30. The Bertz CT molecular complexity index is 970. The van der Waals surface area contributed by atoms with Gasteiger partial charge in [-0.15, -0.1) is 11.8 Å². The lowest BCUT2D eigenvalue weighted by Crippen LogP contribution is -1.85. The van der Waals surface area contributed by atoms with Gasteiger partial charge in [-0.3, -0.25) is 0 Å². The first-order valence-corrected chi connectivity index (χ1v) is 8.64. The van der Waals surface area contributed by atoms with E-state index in [4.69, 9.17) is 0 Å². The molecule has 0 aliphatic heterocycles. The van der Waals surface area contributed by atoms with Crippen LogP contribution >= 0.6 is 11.8 Å². The second-order valence-corrected chi connectivity index (χ2v) is 6.27. The van der Waals surface area contributed by atoms with Gasteiger partial charge in [-0.2, -0.15) is 0 Å². The summed E-state index contributed by atoms with van der Waals surface area (Å²) in [6.45, 7) is 0. The number of thioether (sulfide) groups is 1. The maximum Gasteiger partial charge on any atom is 0.0148 e. The van der Waals surface area contributed by atoms with E-state index in [-0.39, 0.29) is 0 Å². The molecule has 0 N–H and O–H groups in total. The maximum absolute atomic E-state index is 2.32. The molecule has 4 aromatic rings. The average molecular weight is 300 g/mol. The molecule has 0 aromatic heterocycles. The highest BCUT2D eigenvalue weighted by Crippen LogP contribution is 2.36. The first kappa shape index (κ1) is 13.4. The van der Waals surface area contributed by atoms with Crippen LogP contribution in [0.3, 0.4) is 0 Å². The predicted molar refractivity (Wildman–Crippen MR) is 98.7 cm³/mol. The van der Waals surface area contributed by atoms with Gasteiger partial charge in [0.2, 0.25) is 0 Å². The van der Waals surface area contributed by atoms with E-state index in [1.807, 2.05) is 0 Å². The van der Waals surface area contributed by atoms with Gasteiger partial charge in [0.25, 0.3) is 0 Å². The molecule has 0 saturated heterocycles. The van der Waals surface area contributed by atoms with Crippen molar-refractivity contribution in [2.45, 2.75) is 4.90 Å². The first-order valence-electron chi connectivity index (χ1n) is 7.42. The van der Waals surface area contributed by atoms with Gasteiger partial charge in [0, 0.05) is 4.90 Å². The van der Waals surface area contributed by atoms with Crippen molar-refractivity contribution in [2.75, 3.05) is 6.26 Å². The fraction of sp³-hybridized carbons (Fsp3) is 0.0476. The summed E-state index contributed by atoms with van der Waals surface area (Å²) in [6, 6.07) is 28.4. The van der Waals surface area contributed by atoms with E-state index in [9.17, 15) is 0 Å². The Morgan fingerprint density at radius 2 is 1.23 bits per heavy atom. The summed E-state index contributed by atoms with van der Waals surface area (Å²) >= 11 is 1.80. The summed E-state index contributed by atoms with van der Waals surface area (Å²) in [4.78, 5) is 1.32. The molecule has 0 unspecified atom stereocenters. The molecule has 0 saturated carbocycles. The van der Waals surface area contributed by atoms with Crippen LogP contribution in [-0.2, 0) is 0 Å². The highest BCUT2D eigenvalue weighted by atomic mass is 32.2. The topological polar surface area (TPSA) is 0 Å². The molecule has 0 aliphatic rings. The van der Waals surface area contributed by atoms with Crippen LogP contribution in [-0.4, -0.2) is 6.26 Å². The Labute approximate surface area is 134 Å². The summed E-state index contributed by atoms with van der Waals surface area (Å²) in [6.07, 6.45) is 2.14.